The van der Waals surface area contributed by atoms with Crippen LogP contribution in [0.4, 0.5) is 0 Å². The zero-order chi connectivity index (χ0) is 10.1. The highest BCUT2D eigenvalue weighted by Crippen LogP contribution is 2.23. The molecule has 0 aliphatic carbocycles. The largest absolute Gasteiger partial charge is 0.395 e. The van der Waals surface area contributed by atoms with Crippen LogP contribution in [0.2, 0.25) is 0 Å². The highest BCUT2D eigenvalue weighted by molar-refractivity contribution is 6.05. The van der Waals surface area contributed by atoms with Crippen LogP contribution in [-0.2, 0) is 9.59 Å². The van der Waals surface area contributed by atoms with Crippen molar-refractivity contribution in [2.75, 3.05) is 13.2 Å². The number of likely N-dealkylation sites (tertiary alicyclic amines) is 1. The summed E-state index contributed by atoms with van der Waals surface area (Å²) in [7, 11) is 0. The topological polar surface area (TPSA) is 69.6 Å². The molecule has 2 rings (SSSR count). The second kappa shape index (κ2) is 3.67. The fourth-order valence-electron chi connectivity index (χ4n) is 2.27. The Labute approximate surface area is 82.1 Å². The molecule has 2 atom stereocenters. The molecule has 2 heterocycles. The number of aliphatic hydroxyl groups excluding tert-OH is 1. The highest BCUT2D eigenvalue weighted by Gasteiger charge is 2.40. The standard InChI is InChI=1S/C9H14N2O3/c12-5-6-2-1-3-11(6)7-4-8(13)10-9(7)14/h6-7,12H,1-5H2,(H,10,13,14)/t6-,7?/m1/s1. The molecule has 2 N–H and O–H groups in total. The lowest BCUT2D eigenvalue weighted by molar-refractivity contribution is -0.126. The lowest BCUT2D eigenvalue weighted by Gasteiger charge is -2.26. The van der Waals surface area contributed by atoms with Gasteiger partial charge in [0.1, 0.15) is 0 Å². The van der Waals surface area contributed by atoms with Crippen LogP contribution in [-0.4, -0.2) is 47.1 Å². The summed E-state index contributed by atoms with van der Waals surface area (Å²) in [6.07, 6.45) is 2.15. The number of carbonyl (C=O) groups is 2. The number of carbonyl (C=O) groups excluding carboxylic acids is 2. The maximum Gasteiger partial charge on any atom is 0.244 e. The van der Waals surface area contributed by atoms with Crippen molar-refractivity contribution in [2.45, 2.75) is 31.3 Å². The molecule has 14 heavy (non-hydrogen) atoms. The molecule has 0 radical (unpaired) electrons. The van der Waals surface area contributed by atoms with Crippen molar-refractivity contribution in [3.63, 3.8) is 0 Å². The van der Waals surface area contributed by atoms with E-state index in [1.54, 1.807) is 0 Å². The quantitative estimate of drug-likeness (QED) is 0.550. The van der Waals surface area contributed by atoms with Gasteiger partial charge >= 0.3 is 0 Å². The van der Waals surface area contributed by atoms with Gasteiger partial charge in [0.15, 0.2) is 0 Å². The smallest absolute Gasteiger partial charge is 0.244 e. The van der Waals surface area contributed by atoms with E-state index in [4.69, 9.17) is 5.11 Å². The van der Waals surface area contributed by atoms with E-state index in [0.29, 0.717) is 0 Å². The number of rotatable bonds is 2. The molecule has 0 bridgehead atoms. The van der Waals surface area contributed by atoms with Gasteiger partial charge in [-0.05, 0) is 19.4 Å². The number of hydrogen-bond acceptors (Lipinski definition) is 4. The Kier molecular flexibility index (Phi) is 2.52. The van der Waals surface area contributed by atoms with Gasteiger partial charge in [-0.1, -0.05) is 0 Å². The molecule has 0 aromatic rings. The van der Waals surface area contributed by atoms with Crippen molar-refractivity contribution in [3.05, 3.63) is 0 Å². The molecule has 2 aliphatic rings. The minimum Gasteiger partial charge on any atom is -0.395 e. The van der Waals surface area contributed by atoms with Crippen LogP contribution in [0, 0.1) is 0 Å². The summed E-state index contributed by atoms with van der Waals surface area (Å²) in [4.78, 5) is 24.3. The van der Waals surface area contributed by atoms with Gasteiger partial charge in [0.05, 0.1) is 19.1 Å². The van der Waals surface area contributed by atoms with Crippen molar-refractivity contribution in [1.29, 1.82) is 0 Å². The van der Waals surface area contributed by atoms with Gasteiger partial charge in [-0.2, -0.15) is 0 Å². The normalized spacial score (nSPS) is 33.8. The Bertz CT molecular complexity index is 267. The van der Waals surface area contributed by atoms with Crippen LogP contribution in [0.3, 0.4) is 0 Å². The zero-order valence-corrected chi connectivity index (χ0v) is 7.90. The first-order valence-electron chi connectivity index (χ1n) is 4.92. The zero-order valence-electron chi connectivity index (χ0n) is 7.90. The molecule has 2 saturated heterocycles. The fraction of sp³-hybridized carbons (Fsp3) is 0.778. The van der Waals surface area contributed by atoms with Crippen molar-refractivity contribution in [1.82, 2.24) is 10.2 Å². The average Bonchev–Trinajstić information content (AvgIpc) is 2.71. The molecule has 1 unspecified atom stereocenters. The third-order valence-corrected chi connectivity index (χ3v) is 2.98. The van der Waals surface area contributed by atoms with Crippen LogP contribution >= 0.6 is 0 Å². The maximum absolute atomic E-state index is 11.4. The van der Waals surface area contributed by atoms with Gasteiger partial charge in [0.2, 0.25) is 11.8 Å². The van der Waals surface area contributed by atoms with Crippen LogP contribution in [0.25, 0.3) is 0 Å². The first-order valence-corrected chi connectivity index (χ1v) is 4.92. The van der Waals surface area contributed by atoms with E-state index in [1.807, 2.05) is 4.90 Å². The molecule has 2 amide bonds. The number of hydrogen-bond donors (Lipinski definition) is 2. The van der Waals surface area contributed by atoms with Crippen molar-refractivity contribution in [2.24, 2.45) is 0 Å². The Morgan fingerprint density at radius 2 is 2.29 bits per heavy atom. The third kappa shape index (κ3) is 1.53. The van der Waals surface area contributed by atoms with Gasteiger partial charge in [-0.25, -0.2) is 0 Å². The molecule has 0 aromatic carbocycles. The van der Waals surface area contributed by atoms with Crippen LogP contribution in [0.5, 0.6) is 0 Å². The molecule has 2 aliphatic heterocycles. The monoisotopic (exact) mass is 198 g/mol. The molecule has 0 aromatic heterocycles. The number of nitrogens with zero attached hydrogens (tertiary/aromatic N) is 1. The van der Waals surface area contributed by atoms with E-state index in [0.717, 1.165) is 19.4 Å². The Hall–Kier alpha value is -0.940. The third-order valence-electron chi connectivity index (χ3n) is 2.98. The summed E-state index contributed by atoms with van der Waals surface area (Å²) >= 11 is 0. The second-order valence-corrected chi connectivity index (χ2v) is 3.85. The van der Waals surface area contributed by atoms with Gasteiger partial charge in [0.25, 0.3) is 0 Å². The molecular weight excluding hydrogens is 184 g/mol. The molecule has 2 fully saturated rings. The van der Waals surface area contributed by atoms with Crippen LogP contribution in [0.1, 0.15) is 19.3 Å². The van der Waals surface area contributed by atoms with E-state index in [9.17, 15) is 9.59 Å². The van der Waals surface area contributed by atoms with E-state index < -0.39 is 0 Å². The van der Waals surface area contributed by atoms with E-state index >= 15 is 0 Å². The number of imide groups is 1. The summed E-state index contributed by atoms with van der Waals surface area (Å²) in [5, 5.41) is 11.4. The first kappa shape index (κ1) is 9.61. The molecule has 0 saturated carbocycles. The van der Waals surface area contributed by atoms with Crippen molar-refractivity contribution in [3.8, 4) is 0 Å². The molecule has 5 heteroatoms. The van der Waals surface area contributed by atoms with Gasteiger partial charge in [-0.3, -0.25) is 19.8 Å². The lowest BCUT2D eigenvalue weighted by Crippen LogP contribution is -2.44. The predicted octanol–water partition coefficient (Wildman–Crippen LogP) is -1.14. The lowest BCUT2D eigenvalue weighted by atomic mass is 10.1. The van der Waals surface area contributed by atoms with Gasteiger partial charge < -0.3 is 5.11 Å². The Morgan fingerprint density at radius 3 is 2.86 bits per heavy atom. The summed E-state index contributed by atoms with van der Waals surface area (Å²) in [5.41, 5.74) is 0. The predicted molar refractivity (Wildman–Crippen MR) is 48.4 cm³/mol. The second-order valence-electron chi connectivity index (χ2n) is 3.85. The average molecular weight is 198 g/mol. The minimum atomic E-state index is -0.345. The van der Waals surface area contributed by atoms with Gasteiger partial charge in [-0.15, -0.1) is 0 Å². The first-order chi connectivity index (χ1) is 6.72. The van der Waals surface area contributed by atoms with Gasteiger partial charge in [0, 0.05) is 6.04 Å². The van der Waals surface area contributed by atoms with Crippen molar-refractivity contribution < 1.29 is 14.7 Å². The molecule has 0 spiro atoms. The maximum atomic E-state index is 11.4. The summed E-state index contributed by atoms with van der Waals surface area (Å²) in [5.74, 6) is -0.418. The Balaban J connectivity index is 2.07. The van der Waals surface area contributed by atoms with E-state index in [2.05, 4.69) is 5.32 Å². The number of nitrogens with one attached hydrogen (secondary N) is 1. The Morgan fingerprint density at radius 1 is 1.50 bits per heavy atom. The SMILES string of the molecule is O=C1CC(N2CCC[C@@H]2CO)C(=O)N1. The minimum absolute atomic E-state index is 0.0525. The van der Waals surface area contributed by atoms with Crippen LogP contribution < -0.4 is 5.32 Å². The van der Waals surface area contributed by atoms with E-state index in [1.165, 1.54) is 0 Å². The van der Waals surface area contributed by atoms with Crippen LogP contribution in [0.15, 0.2) is 0 Å². The fourth-order valence-corrected chi connectivity index (χ4v) is 2.27. The summed E-state index contributed by atoms with van der Waals surface area (Å²) in [6, 6.07) is -0.293. The number of aliphatic hydroxyl groups is 1. The van der Waals surface area contributed by atoms with Crippen molar-refractivity contribution >= 4 is 11.8 Å². The van der Waals surface area contributed by atoms with E-state index in [-0.39, 0.29) is 36.9 Å². The molecular formula is C9H14N2O3. The number of amides is 2. The molecule has 5 nitrogen and oxygen atoms in total. The highest BCUT2D eigenvalue weighted by atomic mass is 16.3. The summed E-state index contributed by atoms with van der Waals surface area (Å²) < 4.78 is 0. The summed E-state index contributed by atoms with van der Waals surface area (Å²) in [6.45, 7) is 0.870. The molecule has 78 valence electrons.